The molecule has 260 valence electrons. The lowest BCUT2D eigenvalue weighted by Gasteiger charge is -2.29. The van der Waals surface area contributed by atoms with Gasteiger partial charge < -0.3 is 38.8 Å². The Labute approximate surface area is 290 Å². The highest BCUT2D eigenvalue weighted by molar-refractivity contribution is 6.61. The van der Waals surface area contributed by atoms with Crippen molar-refractivity contribution < 1.29 is 43.0 Å². The molecule has 1 atom stereocenters. The van der Waals surface area contributed by atoms with E-state index in [1.165, 1.54) is 0 Å². The maximum Gasteiger partial charge on any atom is 0.491 e. The summed E-state index contributed by atoms with van der Waals surface area (Å²) in [7, 11) is -0.901. The molecule has 3 aromatic rings. The lowest BCUT2D eigenvalue weighted by Crippen LogP contribution is -2.52. The van der Waals surface area contributed by atoms with Gasteiger partial charge in [0, 0.05) is 42.9 Å². The van der Waals surface area contributed by atoms with E-state index in [0.717, 1.165) is 34.3 Å². The van der Waals surface area contributed by atoms with E-state index in [9.17, 15) is 24.7 Å². The number of benzene rings is 3. The maximum absolute atomic E-state index is 13.0. The van der Waals surface area contributed by atoms with E-state index in [2.05, 4.69) is 16.7 Å². The zero-order valence-electron chi connectivity index (χ0n) is 27.7. The molecule has 3 aliphatic heterocycles. The van der Waals surface area contributed by atoms with Crippen molar-refractivity contribution in [2.75, 3.05) is 51.5 Å². The molecule has 50 heavy (non-hydrogen) atoms. The van der Waals surface area contributed by atoms with Gasteiger partial charge in [-0.15, -0.1) is 0 Å². The Balaban J connectivity index is 0.821. The Kier molecular flexibility index (Phi) is 11.8. The normalized spacial score (nSPS) is 16.6. The van der Waals surface area contributed by atoms with Gasteiger partial charge in [0.05, 0.1) is 51.3 Å². The molecule has 1 fully saturated rings. The Morgan fingerprint density at radius 2 is 1.74 bits per heavy atom. The summed E-state index contributed by atoms with van der Waals surface area (Å²) in [4.78, 5) is 38.4. The number of carbonyl (C=O) groups excluding carboxylic acids is 3. The Morgan fingerprint density at radius 1 is 0.980 bits per heavy atom. The number of rotatable bonds is 17. The van der Waals surface area contributed by atoms with Crippen molar-refractivity contribution >= 4 is 36.0 Å². The molecule has 3 aliphatic rings. The van der Waals surface area contributed by atoms with Crippen LogP contribution in [0.5, 0.6) is 11.5 Å². The molecule has 14 heteroatoms. The third kappa shape index (κ3) is 8.50. The van der Waals surface area contributed by atoms with Crippen molar-refractivity contribution in [3.8, 4) is 17.6 Å². The van der Waals surface area contributed by atoms with Crippen LogP contribution in [0, 0.1) is 11.3 Å². The van der Waals surface area contributed by atoms with Gasteiger partial charge in [0.25, 0.3) is 5.91 Å². The molecule has 3 heterocycles. The van der Waals surface area contributed by atoms with Gasteiger partial charge in [-0.05, 0) is 78.3 Å². The van der Waals surface area contributed by atoms with Crippen LogP contribution in [0.4, 0.5) is 5.69 Å². The van der Waals surface area contributed by atoms with Gasteiger partial charge >= 0.3 is 7.12 Å². The molecule has 1 saturated heterocycles. The van der Waals surface area contributed by atoms with Crippen molar-refractivity contribution in [2.45, 2.75) is 44.9 Å². The highest BCUT2D eigenvalue weighted by Gasteiger charge is 2.39. The quantitative estimate of drug-likeness (QED) is 0.109. The van der Waals surface area contributed by atoms with Crippen LogP contribution in [0.2, 0.25) is 0 Å². The second kappa shape index (κ2) is 16.8. The van der Waals surface area contributed by atoms with Crippen LogP contribution >= 0.6 is 0 Å². The molecule has 3 N–H and O–H groups in total. The SMILES string of the molecule is N#Cc1ccc(Oc2ccc3c(c2)COB3O)cc1CCOCCOCCOCCCNc1cccc2c1CN(C1CCC(=O)NC1=O)C2=O. The zero-order chi connectivity index (χ0) is 34.9. The number of anilines is 1. The highest BCUT2D eigenvalue weighted by Crippen LogP contribution is 2.32. The van der Waals surface area contributed by atoms with E-state index in [0.29, 0.717) is 94.8 Å². The highest BCUT2D eigenvalue weighted by atomic mass is 16.5. The third-order valence-corrected chi connectivity index (χ3v) is 8.83. The molecular weight excluding hydrogens is 643 g/mol. The van der Waals surface area contributed by atoms with Gasteiger partial charge in [-0.25, -0.2) is 0 Å². The van der Waals surface area contributed by atoms with Gasteiger partial charge in [-0.1, -0.05) is 12.1 Å². The molecule has 13 nitrogen and oxygen atoms in total. The number of hydrogen-bond donors (Lipinski definition) is 3. The fraction of sp³-hybridized carbons (Fsp3) is 0.389. The molecule has 0 bridgehead atoms. The lowest BCUT2D eigenvalue weighted by atomic mass is 9.80. The van der Waals surface area contributed by atoms with Crippen LogP contribution in [0.3, 0.4) is 0 Å². The Bertz CT molecular complexity index is 1760. The van der Waals surface area contributed by atoms with E-state index in [1.54, 1.807) is 35.2 Å². The van der Waals surface area contributed by atoms with Crippen molar-refractivity contribution in [1.29, 1.82) is 5.26 Å². The fourth-order valence-corrected chi connectivity index (χ4v) is 6.23. The predicted molar refractivity (Wildman–Crippen MR) is 182 cm³/mol. The molecule has 0 saturated carbocycles. The molecule has 3 amide bonds. The number of nitrogens with zero attached hydrogens (tertiary/aromatic N) is 2. The van der Waals surface area contributed by atoms with Crippen LogP contribution in [0.25, 0.3) is 0 Å². The third-order valence-electron chi connectivity index (χ3n) is 8.83. The van der Waals surface area contributed by atoms with E-state index in [1.807, 2.05) is 24.3 Å². The minimum Gasteiger partial charge on any atom is -0.457 e. The molecule has 6 rings (SSSR count). The van der Waals surface area contributed by atoms with Crippen LogP contribution in [-0.2, 0) is 48.0 Å². The number of amides is 3. The minimum atomic E-state index is -0.901. The van der Waals surface area contributed by atoms with Crippen LogP contribution in [0.1, 0.15) is 51.9 Å². The maximum atomic E-state index is 13.0. The lowest BCUT2D eigenvalue weighted by molar-refractivity contribution is -0.136. The summed E-state index contributed by atoms with van der Waals surface area (Å²) < 4.78 is 28.3. The first kappa shape index (κ1) is 35.1. The molecule has 0 aromatic heterocycles. The first-order valence-corrected chi connectivity index (χ1v) is 16.8. The average molecular weight is 683 g/mol. The van der Waals surface area contributed by atoms with Crippen LogP contribution in [-0.4, -0.2) is 87.0 Å². The van der Waals surface area contributed by atoms with E-state index < -0.39 is 19.1 Å². The largest absolute Gasteiger partial charge is 0.491 e. The smallest absolute Gasteiger partial charge is 0.457 e. The number of nitriles is 1. The average Bonchev–Trinajstić information content (AvgIpc) is 3.65. The topological polar surface area (TPSA) is 169 Å². The Morgan fingerprint density at radius 3 is 2.54 bits per heavy atom. The molecule has 3 aromatic carbocycles. The van der Waals surface area contributed by atoms with Crippen molar-refractivity contribution in [1.82, 2.24) is 10.2 Å². The molecule has 0 spiro atoms. The number of ether oxygens (including phenoxy) is 4. The Hall–Kier alpha value is -4.78. The number of hydrogen-bond acceptors (Lipinski definition) is 11. The van der Waals surface area contributed by atoms with Gasteiger partial charge in [0.15, 0.2) is 0 Å². The number of piperidine rings is 1. The summed E-state index contributed by atoms with van der Waals surface area (Å²) in [5, 5.41) is 25.1. The summed E-state index contributed by atoms with van der Waals surface area (Å²) in [6, 6.07) is 17.8. The van der Waals surface area contributed by atoms with E-state index in [-0.39, 0.29) is 18.2 Å². The molecule has 1 unspecified atom stereocenters. The second-order valence-corrected chi connectivity index (χ2v) is 12.2. The van der Waals surface area contributed by atoms with Gasteiger partial charge in [-0.2, -0.15) is 5.26 Å². The number of imide groups is 1. The van der Waals surface area contributed by atoms with Crippen molar-refractivity contribution in [3.05, 3.63) is 82.4 Å². The van der Waals surface area contributed by atoms with Gasteiger partial charge in [-0.3, -0.25) is 19.7 Å². The van der Waals surface area contributed by atoms with Crippen molar-refractivity contribution in [2.24, 2.45) is 0 Å². The van der Waals surface area contributed by atoms with E-state index in [4.69, 9.17) is 23.6 Å². The van der Waals surface area contributed by atoms with E-state index >= 15 is 0 Å². The van der Waals surface area contributed by atoms with Crippen molar-refractivity contribution in [3.63, 3.8) is 0 Å². The zero-order valence-corrected chi connectivity index (χ0v) is 27.7. The monoisotopic (exact) mass is 682 g/mol. The van der Waals surface area contributed by atoms with Crippen LogP contribution in [0.15, 0.2) is 54.6 Å². The first-order chi connectivity index (χ1) is 24.4. The molecular formula is C36H39BN4O9. The first-order valence-electron chi connectivity index (χ1n) is 16.8. The van der Waals surface area contributed by atoms with Gasteiger partial charge in [0.2, 0.25) is 11.8 Å². The van der Waals surface area contributed by atoms with Gasteiger partial charge in [0.1, 0.15) is 17.5 Å². The fourth-order valence-electron chi connectivity index (χ4n) is 6.23. The summed E-state index contributed by atoms with van der Waals surface area (Å²) in [5.41, 5.74) is 5.31. The molecule has 0 aliphatic carbocycles. The van der Waals surface area contributed by atoms with Crippen LogP contribution < -0.4 is 20.8 Å². The summed E-state index contributed by atoms with van der Waals surface area (Å²) in [6.45, 7) is 3.99. The summed E-state index contributed by atoms with van der Waals surface area (Å²) in [6.07, 6.45) is 1.85. The standard InChI is InChI=1S/C36H39BN4O9/c38-21-25-5-6-27(50-28-7-8-31-26(20-28)23-49-37(31)45)19-24(25)11-14-47-16-18-48-17-15-46-13-2-12-39-32-4-1-3-29-30(32)22-41(36(29)44)33-9-10-34(42)40-35(33)43/h1,3-8,19-20,33,39,45H,2,9-18,22-23H2,(H,40,42,43). The second-order valence-electron chi connectivity index (χ2n) is 12.2. The minimum absolute atomic E-state index is 0.192. The summed E-state index contributed by atoms with van der Waals surface area (Å²) >= 11 is 0. The number of fused-ring (bicyclic) bond motifs is 2. The number of nitrogens with one attached hydrogen (secondary N) is 2. The number of carbonyl (C=O) groups is 3. The summed E-state index contributed by atoms with van der Waals surface area (Å²) in [5.74, 6) is 0.317. The predicted octanol–water partition coefficient (Wildman–Crippen LogP) is 2.42. The molecule has 0 radical (unpaired) electrons.